The highest BCUT2D eigenvalue weighted by Gasteiger charge is 2.34. The molecule has 1 aromatic carbocycles. The zero-order chi connectivity index (χ0) is 11.8. The topological polar surface area (TPSA) is 56.1 Å². The molecular weight excluding hydrogens is 218 g/mol. The van der Waals surface area contributed by atoms with Crippen molar-refractivity contribution in [3.8, 4) is 0 Å². The second-order valence-corrected chi connectivity index (χ2v) is 4.28. The molecule has 2 heterocycles. The van der Waals surface area contributed by atoms with Gasteiger partial charge in [0.25, 0.3) is 5.91 Å². The van der Waals surface area contributed by atoms with Gasteiger partial charge >= 0.3 is 0 Å². The lowest BCUT2D eigenvalue weighted by molar-refractivity contribution is -0.136. The van der Waals surface area contributed by atoms with Crippen LogP contribution in [0.2, 0.25) is 0 Å². The van der Waals surface area contributed by atoms with Gasteiger partial charge in [-0.15, -0.1) is 0 Å². The van der Waals surface area contributed by atoms with Gasteiger partial charge in [-0.3, -0.25) is 9.80 Å². The van der Waals surface area contributed by atoms with Crippen LogP contribution < -0.4 is 0 Å². The number of oxime groups is 1. The molecule has 0 aromatic heterocycles. The van der Waals surface area contributed by atoms with Gasteiger partial charge in [-0.05, 0) is 12.0 Å². The molecular formula is C12H13N3O2. The monoisotopic (exact) mass is 231 g/mol. The number of amides is 1. The van der Waals surface area contributed by atoms with Crippen LogP contribution >= 0.6 is 0 Å². The van der Waals surface area contributed by atoms with Crippen molar-refractivity contribution in [1.29, 1.82) is 0 Å². The van der Waals surface area contributed by atoms with Crippen LogP contribution in [0.15, 0.2) is 29.4 Å². The van der Waals surface area contributed by atoms with Crippen LogP contribution in [0.5, 0.6) is 0 Å². The van der Waals surface area contributed by atoms with E-state index in [4.69, 9.17) is 5.21 Å². The summed E-state index contributed by atoms with van der Waals surface area (Å²) < 4.78 is 0. The molecule has 0 radical (unpaired) electrons. The summed E-state index contributed by atoms with van der Waals surface area (Å²) in [5.41, 5.74) is 1.90. The summed E-state index contributed by atoms with van der Waals surface area (Å²) >= 11 is 0. The highest BCUT2D eigenvalue weighted by Crippen LogP contribution is 2.23. The Balaban J connectivity index is 2.14. The summed E-state index contributed by atoms with van der Waals surface area (Å²) in [5, 5.41) is 16.0. The molecule has 5 nitrogen and oxygen atoms in total. The van der Waals surface area contributed by atoms with E-state index in [2.05, 4.69) is 5.16 Å². The first kappa shape index (κ1) is 10.3. The van der Waals surface area contributed by atoms with Crippen LogP contribution in [0.4, 0.5) is 0 Å². The summed E-state index contributed by atoms with van der Waals surface area (Å²) in [5.74, 6) is -0.213. The van der Waals surface area contributed by atoms with Gasteiger partial charge in [-0.2, -0.15) is 0 Å². The lowest BCUT2D eigenvalue weighted by Crippen LogP contribution is -2.42. The average Bonchev–Trinajstić information content (AvgIpc) is 2.76. The third-order valence-corrected chi connectivity index (χ3v) is 3.29. The van der Waals surface area contributed by atoms with Gasteiger partial charge in [0.05, 0.1) is 0 Å². The molecule has 5 heteroatoms. The summed E-state index contributed by atoms with van der Waals surface area (Å²) in [7, 11) is 0. The van der Waals surface area contributed by atoms with E-state index in [1.54, 1.807) is 5.01 Å². The highest BCUT2D eigenvalue weighted by molar-refractivity contribution is 6.45. The summed E-state index contributed by atoms with van der Waals surface area (Å²) in [6.45, 7) is 2.27. The number of carbonyl (C=O) groups is 1. The van der Waals surface area contributed by atoms with Crippen LogP contribution in [0.25, 0.3) is 0 Å². The third kappa shape index (κ3) is 1.51. The first-order chi connectivity index (χ1) is 8.31. The zero-order valence-electron chi connectivity index (χ0n) is 9.33. The van der Waals surface area contributed by atoms with Gasteiger partial charge in [0, 0.05) is 25.2 Å². The number of carbonyl (C=O) groups excluding carboxylic acids is 1. The van der Waals surface area contributed by atoms with E-state index in [-0.39, 0.29) is 11.6 Å². The fourth-order valence-corrected chi connectivity index (χ4v) is 2.48. The van der Waals surface area contributed by atoms with E-state index < -0.39 is 0 Å². The van der Waals surface area contributed by atoms with E-state index in [1.807, 2.05) is 29.3 Å². The Bertz CT molecular complexity index is 498. The van der Waals surface area contributed by atoms with Crippen LogP contribution in [-0.2, 0) is 11.3 Å². The normalized spacial score (nSPS) is 22.5. The third-order valence-electron chi connectivity index (χ3n) is 3.29. The predicted octanol–water partition coefficient (Wildman–Crippen LogP) is 0.828. The minimum absolute atomic E-state index is 0.144. The second kappa shape index (κ2) is 3.85. The first-order valence-corrected chi connectivity index (χ1v) is 5.68. The molecule has 0 aliphatic carbocycles. The van der Waals surface area contributed by atoms with Gasteiger partial charge in [0.2, 0.25) is 0 Å². The SMILES string of the molecule is O=C1C(=NO)c2ccccc2CN2CCCN12. The summed E-state index contributed by atoms with van der Waals surface area (Å²) in [6, 6.07) is 7.58. The maximum absolute atomic E-state index is 12.2. The Labute approximate surface area is 98.9 Å². The molecule has 0 bridgehead atoms. The quantitative estimate of drug-likeness (QED) is 0.531. The van der Waals surface area contributed by atoms with E-state index in [9.17, 15) is 4.79 Å². The number of hydrogen-bond donors (Lipinski definition) is 1. The minimum Gasteiger partial charge on any atom is -0.410 e. The van der Waals surface area contributed by atoms with E-state index in [0.29, 0.717) is 13.1 Å². The molecule has 2 aliphatic rings. The Morgan fingerprint density at radius 3 is 2.88 bits per heavy atom. The fraction of sp³-hybridized carbons (Fsp3) is 0.333. The van der Waals surface area contributed by atoms with Crippen molar-refractivity contribution >= 4 is 11.6 Å². The van der Waals surface area contributed by atoms with Crippen molar-refractivity contribution in [3.63, 3.8) is 0 Å². The molecule has 1 aromatic rings. The minimum atomic E-state index is -0.213. The van der Waals surface area contributed by atoms with Gasteiger partial charge in [-0.1, -0.05) is 29.4 Å². The summed E-state index contributed by atoms with van der Waals surface area (Å²) in [6.07, 6.45) is 0.965. The molecule has 2 aliphatic heterocycles. The van der Waals surface area contributed by atoms with E-state index in [1.165, 1.54) is 0 Å². The lowest BCUT2D eigenvalue weighted by Gasteiger charge is -2.24. The van der Waals surface area contributed by atoms with Gasteiger partial charge in [0.15, 0.2) is 5.71 Å². The Morgan fingerprint density at radius 2 is 2.06 bits per heavy atom. The molecule has 0 saturated carbocycles. The van der Waals surface area contributed by atoms with E-state index in [0.717, 1.165) is 24.1 Å². The van der Waals surface area contributed by atoms with Gasteiger partial charge < -0.3 is 5.21 Å². The molecule has 1 fully saturated rings. The maximum atomic E-state index is 12.2. The molecule has 17 heavy (non-hydrogen) atoms. The Kier molecular flexibility index (Phi) is 2.33. The number of fused-ring (bicyclic) bond motifs is 2. The van der Waals surface area contributed by atoms with Gasteiger partial charge in [-0.25, -0.2) is 5.01 Å². The molecule has 3 rings (SSSR count). The molecule has 0 unspecified atom stereocenters. The van der Waals surface area contributed by atoms with Crippen molar-refractivity contribution in [2.24, 2.45) is 5.16 Å². The van der Waals surface area contributed by atoms with Crippen molar-refractivity contribution in [3.05, 3.63) is 35.4 Å². The smallest absolute Gasteiger partial charge is 0.290 e. The molecule has 1 amide bonds. The van der Waals surface area contributed by atoms with Crippen LogP contribution in [-0.4, -0.2) is 39.9 Å². The molecule has 0 atom stereocenters. The largest absolute Gasteiger partial charge is 0.410 e. The maximum Gasteiger partial charge on any atom is 0.290 e. The summed E-state index contributed by atoms with van der Waals surface area (Å²) in [4.78, 5) is 12.2. The van der Waals surface area contributed by atoms with Crippen molar-refractivity contribution < 1.29 is 10.0 Å². The first-order valence-electron chi connectivity index (χ1n) is 5.68. The lowest BCUT2D eigenvalue weighted by atomic mass is 10.0. The molecule has 1 N–H and O–H groups in total. The van der Waals surface area contributed by atoms with Crippen molar-refractivity contribution in [2.75, 3.05) is 13.1 Å². The standard InChI is InChI=1S/C12H13N3O2/c16-12-11(13-17)10-5-2-1-4-9(10)8-14-6-3-7-15(12)14/h1-2,4-5,17H,3,6-8H2. The van der Waals surface area contributed by atoms with E-state index >= 15 is 0 Å². The van der Waals surface area contributed by atoms with Crippen LogP contribution in [0.3, 0.4) is 0 Å². The van der Waals surface area contributed by atoms with Crippen molar-refractivity contribution in [1.82, 2.24) is 10.0 Å². The second-order valence-electron chi connectivity index (χ2n) is 4.28. The molecule has 1 saturated heterocycles. The molecule has 88 valence electrons. The average molecular weight is 231 g/mol. The number of rotatable bonds is 0. The zero-order valence-corrected chi connectivity index (χ0v) is 9.33. The number of nitrogens with zero attached hydrogens (tertiary/aromatic N) is 3. The number of benzene rings is 1. The predicted molar refractivity (Wildman–Crippen MR) is 61.5 cm³/mol. The van der Waals surface area contributed by atoms with Crippen LogP contribution in [0, 0.1) is 0 Å². The number of hydrazine groups is 1. The van der Waals surface area contributed by atoms with Crippen molar-refractivity contribution in [2.45, 2.75) is 13.0 Å². The van der Waals surface area contributed by atoms with Gasteiger partial charge in [0.1, 0.15) is 0 Å². The van der Waals surface area contributed by atoms with Crippen LogP contribution in [0.1, 0.15) is 17.5 Å². The number of hydrogen-bond acceptors (Lipinski definition) is 4. The fourth-order valence-electron chi connectivity index (χ4n) is 2.48. The molecule has 0 spiro atoms. The Hall–Kier alpha value is -1.88. The highest BCUT2D eigenvalue weighted by atomic mass is 16.4. The Morgan fingerprint density at radius 1 is 1.24 bits per heavy atom.